The lowest BCUT2D eigenvalue weighted by Crippen LogP contribution is -2.53. The Balaban J connectivity index is 1.38. The summed E-state index contributed by atoms with van der Waals surface area (Å²) in [7, 11) is 1.59. The van der Waals surface area contributed by atoms with E-state index in [2.05, 4.69) is 0 Å². The van der Waals surface area contributed by atoms with E-state index in [9.17, 15) is 9.59 Å². The first kappa shape index (κ1) is 19.3. The number of amides is 1. The molecule has 0 aliphatic carbocycles. The minimum atomic E-state index is -0.551. The molecule has 0 N–H and O–H groups in total. The number of aryl methyl sites for hydroxylation is 1. The van der Waals surface area contributed by atoms with Crippen LogP contribution in [0.5, 0.6) is 17.2 Å². The smallest absolute Gasteiger partial charge is 0.260 e. The number of benzene rings is 2. The lowest BCUT2D eigenvalue weighted by molar-refractivity contribution is -0.136. The number of ketones is 1. The topological polar surface area (TPSA) is 65.1 Å². The summed E-state index contributed by atoms with van der Waals surface area (Å²) in [6.45, 7) is 3.05. The summed E-state index contributed by atoms with van der Waals surface area (Å²) in [5.41, 5.74) is 1.05. The number of rotatable bonds is 4. The minimum absolute atomic E-state index is 0.0116. The largest absolute Gasteiger partial charge is 0.497 e. The molecule has 2 aromatic rings. The normalized spacial score (nSPS) is 17.4. The molecule has 2 aromatic carbocycles. The standard InChI is InChI=1S/C23H25NO5/c1-16-5-3-4-6-20(16)28-15-22(26)24-11-9-23(10-12-24)14-19(25)18-8-7-17(27-2)13-21(18)29-23/h3-8,13H,9-12,14-15H2,1-2H3. The number of piperidine rings is 1. The molecule has 1 spiro atoms. The molecule has 2 aliphatic heterocycles. The van der Waals surface area contributed by atoms with Crippen molar-refractivity contribution < 1.29 is 23.8 Å². The molecule has 0 atom stereocenters. The van der Waals surface area contributed by atoms with Gasteiger partial charge in [0.25, 0.3) is 5.91 Å². The highest BCUT2D eigenvalue weighted by Gasteiger charge is 2.43. The maximum Gasteiger partial charge on any atom is 0.260 e. The van der Waals surface area contributed by atoms with Crippen LogP contribution in [0.2, 0.25) is 0 Å². The minimum Gasteiger partial charge on any atom is -0.497 e. The van der Waals surface area contributed by atoms with Gasteiger partial charge in [-0.2, -0.15) is 0 Å². The average Bonchev–Trinajstić information content (AvgIpc) is 2.73. The lowest BCUT2D eigenvalue weighted by Gasteiger charge is -2.43. The van der Waals surface area contributed by atoms with Gasteiger partial charge in [0.05, 0.1) is 19.1 Å². The molecule has 29 heavy (non-hydrogen) atoms. The fourth-order valence-electron chi connectivity index (χ4n) is 3.99. The van der Waals surface area contributed by atoms with Crippen molar-refractivity contribution in [1.82, 2.24) is 4.90 Å². The second-order valence-corrected chi connectivity index (χ2v) is 7.68. The molecule has 4 rings (SSSR count). The van der Waals surface area contributed by atoms with E-state index in [1.165, 1.54) is 0 Å². The number of hydrogen-bond donors (Lipinski definition) is 0. The Morgan fingerprint density at radius 3 is 2.66 bits per heavy atom. The van der Waals surface area contributed by atoms with Crippen molar-refractivity contribution in [2.75, 3.05) is 26.8 Å². The van der Waals surface area contributed by atoms with E-state index in [1.54, 1.807) is 30.2 Å². The van der Waals surface area contributed by atoms with Gasteiger partial charge in [0.2, 0.25) is 0 Å². The van der Waals surface area contributed by atoms with Crippen molar-refractivity contribution >= 4 is 11.7 Å². The highest BCUT2D eigenvalue weighted by atomic mass is 16.5. The fraction of sp³-hybridized carbons (Fsp3) is 0.391. The molecule has 1 saturated heterocycles. The van der Waals surface area contributed by atoms with Crippen LogP contribution in [-0.4, -0.2) is 49.0 Å². The van der Waals surface area contributed by atoms with Gasteiger partial charge in [0, 0.05) is 32.0 Å². The molecule has 0 bridgehead atoms. The summed E-state index contributed by atoms with van der Waals surface area (Å²) < 4.78 is 17.2. The van der Waals surface area contributed by atoms with Crippen LogP contribution < -0.4 is 14.2 Å². The molecule has 0 unspecified atom stereocenters. The van der Waals surface area contributed by atoms with Crippen molar-refractivity contribution in [1.29, 1.82) is 0 Å². The molecule has 152 valence electrons. The molecule has 1 fully saturated rings. The first-order chi connectivity index (χ1) is 14.0. The van der Waals surface area contributed by atoms with Crippen LogP contribution >= 0.6 is 0 Å². The van der Waals surface area contributed by atoms with Gasteiger partial charge in [0.15, 0.2) is 12.4 Å². The number of ether oxygens (including phenoxy) is 3. The van der Waals surface area contributed by atoms with Crippen molar-refractivity contribution in [3.63, 3.8) is 0 Å². The van der Waals surface area contributed by atoms with Gasteiger partial charge in [0.1, 0.15) is 22.8 Å². The van der Waals surface area contributed by atoms with Gasteiger partial charge in [-0.25, -0.2) is 0 Å². The number of likely N-dealkylation sites (tertiary alicyclic amines) is 1. The molecular formula is C23H25NO5. The molecule has 1 amide bonds. The van der Waals surface area contributed by atoms with Crippen LogP contribution in [0.15, 0.2) is 42.5 Å². The van der Waals surface area contributed by atoms with Gasteiger partial charge >= 0.3 is 0 Å². The lowest BCUT2D eigenvalue weighted by atomic mass is 9.82. The van der Waals surface area contributed by atoms with E-state index in [1.807, 2.05) is 31.2 Å². The molecule has 0 saturated carbocycles. The second kappa shape index (κ2) is 7.78. The van der Waals surface area contributed by atoms with E-state index in [0.717, 1.165) is 11.3 Å². The third-order valence-electron chi connectivity index (χ3n) is 5.77. The zero-order chi connectivity index (χ0) is 20.4. The second-order valence-electron chi connectivity index (χ2n) is 7.68. The van der Waals surface area contributed by atoms with Crippen LogP contribution in [0.25, 0.3) is 0 Å². The van der Waals surface area contributed by atoms with Crippen LogP contribution in [0.1, 0.15) is 35.2 Å². The van der Waals surface area contributed by atoms with E-state index < -0.39 is 5.60 Å². The Bertz CT molecular complexity index is 931. The van der Waals surface area contributed by atoms with Crippen molar-refractivity contribution in [2.24, 2.45) is 0 Å². The SMILES string of the molecule is COc1ccc2c(c1)OC1(CCN(C(=O)COc3ccccc3C)CC1)CC2=O. The number of para-hydroxylation sites is 1. The predicted octanol–water partition coefficient (Wildman–Crippen LogP) is 3.41. The first-order valence-electron chi connectivity index (χ1n) is 9.86. The van der Waals surface area contributed by atoms with E-state index >= 15 is 0 Å². The number of nitrogens with zero attached hydrogens (tertiary/aromatic N) is 1. The van der Waals surface area contributed by atoms with Crippen molar-refractivity contribution in [3.05, 3.63) is 53.6 Å². The quantitative estimate of drug-likeness (QED) is 0.794. The monoisotopic (exact) mass is 395 g/mol. The van der Waals surface area contributed by atoms with Crippen molar-refractivity contribution in [2.45, 2.75) is 31.8 Å². The molecule has 6 nitrogen and oxygen atoms in total. The summed E-state index contributed by atoms with van der Waals surface area (Å²) in [4.78, 5) is 27.0. The maximum absolute atomic E-state index is 12.6. The molecule has 6 heteroatoms. The van der Waals surface area contributed by atoms with Crippen LogP contribution in [0.4, 0.5) is 0 Å². The van der Waals surface area contributed by atoms with Gasteiger partial charge in [-0.1, -0.05) is 18.2 Å². The number of hydrogen-bond acceptors (Lipinski definition) is 5. The molecule has 2 aliphatic rings. The summed E-state index contributed by atoms with van der Waals surface area (Å²) in [6.07, 6.45) is 1.57. The van der Waals surface area contributed by atoms with Gasteiger partial charge < -0.3 is 19.1 Å². The van der Waals surface area contributed by atoms with E-state index in [0.29, 0.717) is 49.4 Å². The van der Waals surface area contributed by atoms with E-state index in [-0.39, 0.29) is 18.3 Å². The summed E-state index contributed by atoms with van der Waals surface area (Å²) in [5.74, 6) is 1.99. The van der Waals surface area contributed by atoms with E-state index in [4.69, 9.17) is 14.2 Å². The summed E-state index contributed by atoms with van der Waals surface area (Å²) >= 11 is 0. The zero-order valence-corrected chi connectivity index (χ0v) is 16.8. The Hall–Kier alpha value is -3.02. The molecule has 0 aromatic heterocycles. The number of fused-ring (bicyclic) bond motifs is 1. The Morgan fingerprint density at radius 2 is 1.93 bits per heavy atom. The van der Waals surface area contributed by atoms with Crippen molar-refractivity contribution in [3.8, 4) is 17.2 Å². The number of carbonyl (C=O) groups is 2. The summed E-state index contributed by atoms with van der Waals surface area (Å²) in [5, 5.41) is 0. The van der Waals surface area contributed by atoms with Gasteiger partial charge in [-0.3, -0.25) is 9.59 Å². The highest BCUT2D eigenvalue weighted by molar-refractivity contribution is 6.00. The fourth-order valence-corrected chi connectivity index (χ4v) is 3.99. The summed E-state index contributed by atoms with van der Waals surface area (Å²) in [6, 6.07) is 12.9. The van der Waals surface area contributed by atoms with Crippen LogP contribution in [0.3, 0.4) is 0 Å². The Kier molecular flexibility index (Phi) is 5.18. The molecule has 2 heterocycles. The van der Waals surface area contributed by atoms with Gasteiger partial charge in [-0.15, -0.1) is 0 Å². The third kappa shape index (κ3) is 3.92. The average molecular weight is 395 g/mol. The first-order valence-corrected chi connectivity index (χ1v) is 9.86. The third-order valence-corrected chi connectivity index (χ3v) is 5.77. The number of Topliss-reactive ketones (excluding diaryl/α,β-unsaturated/α-hetero) is 1. The predicted molar refractivity (Wildman–Crippen MR) is 108 cm³/mol. The molecule has 0 radical (unpaired) electrons. The molecular weight excluding hydrogens is 370 g/mol. The zero-order valence-electron chi connectivity index (χ0n) is 16.8. The maximum atomic E-state index is 12.6. The number of methoxy groups -OCH3 is 1. The Morgan fingerprint density at radius 1 is 1.17 bits per heavy atom. The van der Waals surface area contributed by atoms with Crippen LogP contribution in [-0.2, 0) is 4.79 Å². The number of carbonyl (C=O) groups excluding carboxylic acids is 2. The Labute approximate surface area is 170 Å². The van der Waals surface area contributed by atoms with Gasteiger partial charge in [-0.05, 0) is 30.7 Å². The van der Waals surface area contributed by atoms with Crippen LogP contribution in [0, 0.1) is 6.92 Å². The highest BCUT2D eigenvalue weighted by Crippen LogP contribution is 2.40.